The number of ether oxygens (including phenoxy) is 1. The number of carbonyl (C=O) groups is 2. The molecule has 0 saturated carbocycles. The van der Waals surface area contributed by atoms with Crippen LogP contribution >= 0.6 is 0 Å². The molecule has 2 heterocycles. The lowest BCUT2D eigenvalue weighted by Gasteiger charge is -2.17. The van der Waals surface area contributed by atoms with E-state index in [0.717, 1.165) is 25.1 Å². The molecule has 3 rings (SSSR count). The molecule has 24 heavy (non-hydrogen) atoms. The molecule has 1 unspecified atom stereocenters. The SMILES string of the molecule is CC(=O)NCC1CN(c2ccc(C3=CCNCC3)c(F)c2)C(=O)O1. The lowest BCUT2D eigenvalue weighted by atomic mass is 9.99. The molecule has 1 aromatic carbocycles. The summed E-state index contributed by atoms with van der Waals surface area (Å²) in [4.78, 5) is 24.3. The summed E-state index contributed by atoms with van der Waals surface area (Å²) < 4.78 is 19.7. The highest BCUT2D eigenvalue weighted by atomic mass is 19.1. The molecular formula is C17H20FN3O3. The second-order valence-electron chi connectivity index (χ2n) is 5.90. The lowest BCUT2D eigenvalue weighted by Crippen LogP contribution is -2.33. The summed E-state index contributed by atoms with van der Waals surface area (Å²) in [7, 11) is 0. The van der Waals surface area contributed by atoms with Crippen LogP contribution < -0.4 is 15.5 Å². The second kappa shape index (κ2) is 7.00. The second-order valence-corrected chi connectivity index (χ2v) is 5.90. The number of amides is 2. The Balaban J connectivity index is 1.73. The van der Waals surface area contributed by atoms with Crippen molar-refractivity contribution in [3.8, 4) is 0 Å². The van der Waals surface area contributed by atoms with Crippen molar-refractivity contribution in [2.75, 3.05) is 31.1 Å². The fourth-order valence-corrected chi connectivity index (χ4v) is 2.90. The van der Waals surface area contributed by atoms with Gasteiger partial charge in [-0.2, -0.15) is 0 Å². The number of nitrogens with zero attached hydrogens (tertiary/aromatic N) is 1. The van der Waals surface area contributed by atoms with E-state index in [1.165, 1.54) is 17.9 Å². The van der Waals surface area contributed by atoms with Crippen molar-refractivity contribution in [2.24, 2.45) is 0 Å². The summed E-state index contributed by atoms with van der Waals surface area (Å²) in [6.45, 7) is 3.50. The van der Waals surface area contributed by atoms with Crippen LogP contribution in [0.3, 0.4) is 0 Å². The molecule has 1 fully saturated rings. The molecule has 7 heteroatoms. The monoisotopic (exact) mass is 333 g/mol. The van der Waals surface area contributed by atoms with Gasteiger partial charge in [-0.05, 0) is 36.7 Å². The van der Waals surface area contributed by atoms with Gasteiger partial charge in [-0.3, -0.25) is 9.69 Å². The first-order valence-corrected chi connectivity index (χ1v) is 7.97. The van der Waals surface area contributed by atoms with E-state index in [9.17, 15) is 14.0 Å². The van der Waals surface area contributed by atoms with Crippen LogP contribution in [0.1, 0.15) is 18.9 Å². The van der Waals surface area contributed by atoms with Crippen molar-refractivity contribution in [2.45, 2.75) is 19.4 Å². The van der Waals surface area contributed by atoms with Gasteiger partial charge in [-0.1, -0.05) is 6.08 Å². The average molecular weight is 333 g/mol. The zero-order chi connectivity index (χ0) is 17.1. The number of benzene rings is 1. The van der Waals surface area contributed by atoms with Gasteiger partial charge in [0.15, 0.2) is 0 Å². The molecular weight excluding hydrogens is 313 g/mol. The molecule has 2 N–H and O–H groups in total. The van der Waals surface area contributed by atoms with Gasteiger partial charge in [0.2, 0.25) is 5.91 Å². The first-order chi connectivity index (χ1) is 11.5. The van der Waals surface area contributed by atoms with Crippen LogP contribution in [0.4, 0.5) is 14.9 Å². The average Bonchev–Trinajstić information content (AvgIpc) is 2.94. The van der Waals surface area contributed by atoms with Gasteiger partial charge in [0.25, 0.3) is 0 Å². The molecule has 1 atom stereocenters. The summed E-state index contributed by atoms with van der Waals surface area (Å²) in [5, 5.41) is 5.81. The fourth-order valence-electron chi connectivity index (χ4n) is 2.90. The van der Waals surface area contributed by atoms with Crippen LogP contribution in [0.2, 0.25) is 0 Å². The maximum absolute atomic E-state index is 14.5. The van der Waals surface area contributed by atoms with Crippen molar-refractivity contribution >= 4 is 23.3 Å². The number of cyclic esters (lactones) is 1. The van der Waals surface area contributed by atoms with Crippen molar-refractivity contribution in [3.63, 3.8) is 0 Å². The Labute approximate surface area is 139 Å². The molecule has 128 valence electrons. The van der Waals surface area contributed by atoms with Gasteiger partial charge in [0.1, 0.15) is 11.9 Å². The Hall–Kier alpha value is -2.41. The van der Waals surface area contributed by atoms with Crippen molar-refractivity contribution in [1.82, 2.24) is 10.6 Å². The highest BCUT2D eigenvalue weighted by molar-refractivity contribution is 5.90. The fraction of sp³-hybridized carbons (Fsp3) is 0.412. The van der Waals surface area contributed by atoms with E-state index in [2.05, 4.69) is 10.6 Å². The normalized spacial score (nSPS) is 20.6. The number of carbonyl (C=O) groups excluding carboxylic acids is 2. The van der Waals surface area contributed by atoms with E-state index < -0.39 is 12.2 Å². The van der Waals surface area contributed by atoms with Crippen LogP contribution in [0.25, 0.3) is 5.57 Å². The zero-order valence-electron chi connectivity index (χ0n) is 13.5. The smallest absolute Gasteiger partial charge is 0.414 e. The van der Waals surface area contributed by atoms with E-state index in [0.29, 0.717) is 11.3 Å². The third-order valence-electron chi connectivity index (χ3n) is 4.13. The number of nitrogens with one attached hydrogen (secondary N) is 2. The standard InChI is InChI=1S/C17H20FN3O3/c1-11(22)20-9-14-10-21(17(23)24-14)13-2-3-15(16(18)8-13)12-4-6-19-7-5-12/h2-4,8,14,19H,5-7,9-10H2,1H3,(H,20,22). The third-order valence-corrected chi connectivity index (χ3v) is 4.13. The van der Waals surface area contributed by atoms with Gasteiger partial charge in [0, 0.05) is 19.0 Å². The Morgan fingerprint density at radius 2 is 2.33 bits per heavy atom. The quantitative estimate of drug-likeness (QED) is 0.879. The van der Waals surface area contributed by atoms with Crippen LogP contribution in [-0.2, 0) is 9.53 Å². The maximum Gasteiger partial charge on any atom is 0.414 e. The lowest BCUT2D eigenvalue weighted by molar-refractivity contribution is -0.119. The zero-order valence-corrected chi connectivity index (χ0v) is 13.5. The predicted molar refractivity (Wildman–Crippen MR) is 88.2 cm³/mol. The van der Waals surface area contributed by atoms with Crippen LogP contribution in [0.5, 0.6) is 0 Å². The van der Waals surface area contributed by atoms with Gasteiger partial charge >= 0.3 is 6.09 Å². The van der Waals surface area contributed by atoms with Crippen LogP contribution in [-0.4, -0.2) is 44.3 Å². The minimum atomic E-state index is -0.529. The van der Waals surface area contributed by atoms with Gasteiger partial charge in [-0.15, -0.1) is 0 Å². The Kier molecular flexibility index (Phi) is 4.80. The number of rotatable bonds is 4. The number of anilines is 1. The predicted octanol–water partition coefficient (Wildman–Crippen LogP) is 1.66. The number of hydrogen-bond acceptors (Lipinski definition) is 4. The molecule has 2 aliphatic rings. The molecule has 0 radical (unpaired) electrons. The van der Waals surface area contributed by atoms with Crippen LogP contribution in [0, 0.1) is 5.82 Å². The Morgan fingerprint density at radius 1 is 1.50 bits per heavy atom. The summed E-state index contributed by atoms with van der Waals surface area (Å²) in [5.41, 5.74) is 2.01. The maximum atomic E-state index is 14.5. The third kappa shape index (κ3) is 3.56. The van der Waals surface area contributed by atoms with E-state index in [-0.39, 0.29) is 24.8 Å². The van der Waals surface area contributed by atoms with E-state index in [1.54, 1.807) is 12.1 Å². The highest BCUT2D eigenvalue weighted by Gasteiger charge is 2.32. The largest absolute Gasteiger partial charge is 0.442 e. The molecule has 1 aromatic rings. The van der Waals surface area contributed by atoms with Gasteiger partial charge in [0.05, 0.1) is 18.8 Å². The summed E-state index contributed by atoms with van der Waals surface area (Å²) in [6.07, 6.45) is 1.80. The topological polar surface area (TPSA) is 70.7 Å². The Morgan fingerprint density at radius 3 is 3.00 bits per heavy atom. The minimum Gasteiger partial charge on any atom is -0.442 e. The first-order valence-electron chi connectivity index (χ1n) is 7.97. The van der Waals surface area contributed by atoms with Crippen molar-refractivity contribution in [3.05, 3.63) is 35.7 Å². The van der Waals surface area contributed by atoms with E-state index in [1.807, 2.05) is 6.08 Å². The molecule has 0 bridgehead atoms. The minimum absolute atomic E-state index is 0.185. The first kappa shape index (κ1) is 16.4. The van der Waals surface area contributed by atoms with Crippen molar-refractivity contribution in [1.29, 1.82) is 0 Å². The molecule has 1 saturated heterocycles. The van der Waals surface area contributed by atoms with Crippen molar-refractivity contribution < 1.29 is 18.7 Å². The van der Waals surface area contributed by atoms with Crippen LogP contribution in [0.15, 0.2) is 24.3 Å². The highest BCUT2D eigenvalue weighted by Crippen LogP contribution is 2.28. The molecule has 2 aliphatic heterocycles. The molecule has 0 aromatic heterocycles. The molecule has 2 amide bonds. The molecule has 0 spiro atoms. The summed E-state index contributed by atoms with van der Waals surface area (Å²) >= 11 is 0. The van der Waals surface area contributed by atoms with E-state index >= 15 is 0 Å². The Bertz CT molecular complexity index is 690. The summed E-state index contributed by atoms with van der Waals surface area (Å²) in [6, 6.07) is 4.79. The van der Waals surface area contributed by atoms with E-state index in [4.69, 9.17) is 4.74 Å². The number of halogens is 1. The molecule has 6 nitrogen and oxygen atoms in total. The molecule has 0 aliphatic carbocycles. The van der Waals surface area contributed by atoms with Gasteiger partial charge in [-0.25, -0.2) is 9.18 Å². The summed E-state index contributed by atoms with van der Waals surface area (Å²) in [5.74, 6) is -0.533. The number of hydrogen-bond donors (Lipinski definition) is 2. The van der Waals surface area contributed by atoms with Gasteiger partial charge < -0.3 is 15.4 Å².